The van der Waals surface area contributed by atoms with Crippen LogP contribution in [-0.4, -0.2) is 16.7 Å². The standard InChI is InChI=1S/C26H28N2O2/c1-2-12-24(29)28(20-22-15-8-4-9-16-22)25(23-17-10-5-11-18-23)26(30)27-19-21-13-6-3-7-14-21/h3-11,13-18,25H,2,12,19-20H2,1H3,(H,27,30)/t25-/m0/s1. The predicted octanol–water partition coefficient (Wildman–Crippen LogP) is 4.87. The first-order valence-electron chi connectivity index (χ1n) is 10.4. The zero-order valence-corrected chi connectivity index (χ0v) is 17.3. The molecule has 3 rings (SSSR count). The van der Waals surface area contributed by atoms with Crippen LogP contribution < -0.4 is 5.32 Å². The van der Waals surface area contributed by atoms with Crippen molar-refractivity contribution < 1.29 is 9.59 Å². The van der Waals surface area contributed by atoms with Gasteiger partial charge in [-0.1, -0.05) is 97.9 Å². The average molecular weight is 401 g/mol. The van der Waals surface area contributed by atoms with E-state index in [1.54, 1.807) is 4.90 Å². The van der Waals surface area contributed by atoms with Gasteiger partial charge in [0.15, 0.2) is 0 Å². The van der Waals surface area contributed by atoms with Gasteiger partial charge in [0.25, 0.3) is 0 Å². The van der Waals surface area contributed by atoms with Crippen molar-refractivity contribution in [1.82, 2.24) is 10.2 Å². The molecule has 0 saturated carbocycles. The highest BCUT2D eigenvalue weighted by molar-refractivity contribution is 5.88. The van der Waals surface area contributed by atoms with E-state index >= 15 is 0 Å². The van der Waals surface area contributed by atoms with Gasteiger partial charge in [0.2, 0.25) is 11.8 Å². The molecule has 4 nitrogen and oxygen atoms in total. The van der Waals surface area contributed by atoms with Crippen molar-refractivity contribution in [3.63, 3.8) is 0 Å². The lowest BCUT2D eigenvalue weighted by atomic mass is 10.0. The van der Waals surface area contributed by atoms with Gasteiger partial charge in [0.05, 0.1) is 0 Å². The number of hydrogen-bond donors (Lipinski definition) is 1. The molecule has 154 valence electrons. The molecule has 30 heavy (non-hydrogen) atoms. The van der Waals surface area contributed by atoms with Crippen molar-refractivity contribution in [2.24, 2.45) is 0 Å². The van der Waals surface area contributed by atoms with Gasteiger partial charge in [-0.15, -0.1) is 0 Å². The van der Waals surface area contributed by atoms with Crippen LogP contribution >= 0.6 is 0 Å². The van der Waals surface area contributed by atoms with Crippen LogP contribution in [0.25, 0.3) is 0 Å². The highest BCUT2D eigenvalue weighted by atomic mass is 16.2. The molecule has 0 bridgehead atoms. The summed E-state index contributed by atoms with van der Waals surface area (Å²) < 4.78 is 0. The third-order valence-electron chi connectivity index (χ3n) is 4.96. The summed E-state index contributed by atoms with van der Waals surface area (Å²) >= 11 is 0. The lowest BCUT2D eigenvalue weighted by molar-refractivity contribution is -0.141. The zero-order valence-electron chi connectivity index (χ0n) is 17.3. The Morgan fingerprint density at radius 1 is 0.800 bits per heavy atom. The Morgan fingerprint density at radius 2 is 1.33 bits per heavy atom. The summed E-state index contributed by atoms with van der Waals surface area (Å²) in [6.07, 6.45) is 1.14. The number of carbonyl (C=O) groups is 2. The van der Waals surface area contributed by atoms with E-state index in [-0.39, 0.29) is 11.8 Å². The average Bonchev–Trinajstić information content (AvgIpc) is 2.79. The first-order valence-corrected chi connectivity index (χ1v) is 10.4. The van der Waals surface area contributed by atoms with E-state index < -0.39 is 6.04 Å². The third kappa shape index (κ3) is 5.80. The minimum Gasteiger partial charge on any atom is -0.350 e. The number of rotatable bonds is 9. The smallest absolute Gasteiger partial charge is 0.247 e. The minimum absolute atomic E-state index is 0.0231. The van der Waals surface area contributed by atoms with Gasteiger partial charge in [0, 0.05) is 19.5 Å². The van der Waals surface area contributed by atoms with E-state index in [9.17, 15) is 9.59 Å². The minimum atomic E-state index is -0.686. The molecule has 4 heteroatoms. The topological polar surface area (TPSA) is 49.4 Å². The molecule has 3 aromatic rings. The molecular weight excluding hydrogens is 372 g/mol. The summed E-state index contributed by atoms with van der Waals surface area (Å²) in [4.78, 5) is 28.1. The molecule has 2 amide bonds. The molecule has 1 atom stereocenters. The summed E-state index contributed by atoms with van der Waals surface area (Å²) in [5.41, 5.74) is 2.83. The molecule has 0 spiro atoms. The maximum absolute atomic E-state index is 13.4. The maximum Gasteiger partial charge on any atom is 0.247 e. The van der Waals surface area contributed by atoms with E-state index in [2.05, 4.69) is 5.32 Å². The van der Waals surface area contributed by atoms with Crippen LogP contribution in [-0.2, 0) is 22.7 Å². The normalized spacial score (nSPS) is 11.5. The molecule has 0 saturated heterocycles. The first-order chi connectivity index (χ1) is 14.7. The molecule has 0 unspecified atom stereocenters. The molecule has 0 fully saturated rings. The van der Waals surface area contributed by atoms with E-state index in [4.69, 9.17) is 0 Å². The lowest BCUT2D eigenvalue weighted by Gasteiger charge is -2.31. The van der Waals surface area contributed by atoms with Crippen LogP contribution in [0.1, 0.15) is 42.5 Å². The van der Waals surface area contributed by atoms with Crippen molar-refractivity contribution in [3.8, 4) is 0 Å². The number of benzene rings is 3. The van der Waals surface area contributed by atoms with Crippen molar-refractivity contribution in [1.29, 1.82) is 0 Å². The zero-order chi connectivity index (χ0) is 21.2. The van der Waals surface area contributed by atoms with E-state index in [1.165, 1.54) is 0 Å². The maximum atomic E-state index is 13.4. The molecule has 0 aliphatic heterocycles. The SMILES string of the molecule is CCCC(=O)N(Cc1ccccc1)[C@H](C(=O)NCc1ccccc1)c1ccccc1. The highest BCUT2D eigenvalue weighted by Crippen LogP contribution is 2.25. The fourth-order valence-corrected chi connectivity index (χ4v) is 3.45. The van der Waals surface area contributed by atoms with Crippen molar-refractivity contribution in [3.05, 3.63) is 108 Å². The number of amides is 2. The van der Waals surface area contributed by atoms with Crippen molar-refractivity contribution >= 4 is 11.8 Å². The van der Waals surface area contributed by atoms with Gasteiger partial charge < -0.3 is 10.2 Å². The number of nitrogens with one attached hydrogen (secondary N) is 1. The molecule has 3 aromatic carbocycles. The van der Waals surface area contributed by atoms with Crippen LogP contribution in [0.4, 0.5) is 0 Å². The van der Waals surface area contributed by atoms with Crippen LogP contribution in [0, 0.1) is 0 Å². The van der Waals surface area contributed by atoms with Crippen LogP contribution in [0.5, 0.6) is 0 Å². The Bertz CT molecular complexity index is 927. The Labute approximate surface area is 178 Å². The second kappa shape index (κ2) is 11.0. The van der Waals surface area contributed by atoms with Crippen LogP contribution in [0.2, 0.25) is 0 Å². The fourth-order valence-electron chi connectivity index (χ4n) is 3.45. The molecule has 0 radical (unpaired) electrons. The largest absolute Gasteiger partial charge is 0.350 e. The van der Waals surface area contributed by atoms with Crippen LogP contribution in [0.15, 0.2) is 91.0 Å². The van der Waals surface area contributed by atoms with Gasteiger partial charge in [-0.3, -0.25) is 9.59 Å². The quantitative estimate of drug-likeness (QED) is 0.557. The second-order valence-electron chi connectivity index (χ2n) is 7.27. The molecule has 0 aromatic heterocycles. The number of hydrogen-bond acceptors (Lipinski definition) is 2. The van der Waals surface area contributed by atoms with E-state index in [0.717, 1.165) is 23.1 Å². The predicted molar refractivity (Wildman–Crippen MR) is 119 cm³/mol. The molecule has 0 aliphatic rings. The van der Waals surface area contributed by atoms with Gasteiger partial charge in [0.1, 0.15) is 6.04 Å². The second-order valence-corrected chi connectivity index (χ2v) is 7.27. The summed E-state index contributed by atoms with van der Waals surface area (Å²) in [5, 5.41) is 3.03. The van der Waals surface area contributed by atoms with Crippen molar-refractivity contribution in [2.75, 3.05) is 0 Å². The Kier molecular flexibility index (Phi) is 7.78. The van der Waals surface area contributed by atoms with Gasteiger partial charge in [-0.2, -0.15) is 0 Å². The Balaban J connectivity index is 1.90. The molecule has 1 N–H and O–H groups in total. The summed E-state index contributed by atoms with van der Waals surface area (Å²) in [6.45, 7) is 2.79. The van der Waals surface area contributed by atoms with E-state index in [0.29, 0.717) is 19.5 Å². The molecule has 0 heterocycles. The Morgan fingerprint density at radius 3 is 1.90 bits per heavy atom. The molecule has 0 aliphatic carbocycles. The number of nitrogens with zero attached hydrogens (tertiary/aromatic N) is 1. The van der Waals surface area contributed by atoms with E-state index in [1.807, 2.05) is 97.9 Å². The monoisotopic (exact) mass is 400 g/mol. The summed E-state index contributed by atoms with van der Waals surface area (Å²) in [5.74, 6) is -0.199. The van der Waals surface area contributed by atoms with Gasteiger partial charge >= 0.3 is 0 Å². The third-order valence-corrected chi connectivity index (χ3v) is 4.96. The van der Waals surface area contributed by atoms with Crippen molar-refractivity contribution in [2.45, 2.75) is 38.9 Å². The summed E-state index contributed by atoms with van der Waals surface area (Å²) in [7, 11) is 0. The summed E-state index contributed by atoms with van der Waals surface area (Å²) in [6, 6.07) is 28.4. The van der Waals surface area contributed by atoms with Crippen LogP contribution in [0.3, 0.4) is 0 Å². The van der Waals surface area contributed by atoms with Gasteiger partial charge in [-0.25, -0.2) is 0 Å². The number of carbonyl (C=O) groups excluding carboxylic acids is 2. The van der Waals surface area contributed by atoms with Gasteiger partial charge in [-0.05, 0) is 23.1 Å². The molecular formula is C26H28N2O2. The Hall–Kier alpha value is -3.40. The highest BCUT2D eigenvalue weighted by Gasteiger charge is 2.30. The first kappa shape index (κ1) is 21.3. The fraction of sp³-hybridized carbons (Fsp3) is 0.231. The lowest BCUT2D eigenvalue weighted by Crippen LogP contribution is -2.43.